The highest BCUT2D eigenvalue weighted by Gasteiger charge is 2.28. The summed E-state index contributed by atoms with van der Waals surface area (Å²) in [4.78, 5) is 9.93. The zero-order chi connectivity index (χ0) is 14.2. The minimum absolute atomic E-state index is 0.0894. The average molecular weight is 307 g/mol. The van der Waals surface area contributed by atoms with E-state index in [4.69, 9.17) is 16.3 Å². The van der Waals surface area contributed by atoms with E-state index in [1.165, 1.54) is 13.0 Å². The summed E-state index contributed by atoms with van der Waals surface area (Å²) in [5, 5.41) is 10.7. The lowest BCUT2D eigenvalue weighted by Gasteiger charge is -2.26. The Morgan fingerprint density at radius 1 is 1.47 bits per heavy atom. The number of ether oxygens (including phenoxy) is 1. The second-order valence-electron chi connectivity index (χ2n) is 4.18. The quantitative estimate of drug-likeness (QED) is 0.666. The molecule has 1 heterocycles. The Morgan fingerprint density at radius 3 is 2.58 bits per heavy atom. The summed E-state index contributed by atoms with van der Waals surface area (Å²) in [7, 11) is -3.82. The minimum Gasteiger partial charge on any atom is -0.378 e. The van der Waals surface area contributed by atoms with Crippen molar-refractivity contribution in [3.8, 4) is 0 Å². The van der Waals surface area contributed by atoms with Crippen molar-refractivity contribution in [3.05, 3.63) is 32.8 Å². The maximum Gasteiger partial charge on any atom is 0.289 e. The van der Waals surface area contributed by atoms with Crippen LogP contribution in [0.2, 0.25) is 5.02 Å². The highest BCUT2D eigenvalue weighted by Crippen LogP contribution is 2.30. The minimum atomic E-state index is -3.82. The van der Waals surface area contributed by atoms with Gasteiger partial charge in [0.15, 0.2) is 0 Å². The monoisotopic (exact) mass is 306 g/mol. The van der Waals surface area contributed by atoms with Crippen LogP contribution < -0.4 is 4.72 Å². The number of nitro groups is 1. The molecule has 0 spiro atoms. The van der Waals surface area contributed by atoms with E-state index in [0.717, 1.165) is 6.07 Å². The summed E-state index contributed by atoms with van der Waals surface area (Å²) in [5.74, 6) is 0. The van der Waals surface area contributed by atoms with Crippen LogP contribution >= 0.6 is 11.6 Å². The Bertz CT molecular complexity index is 627. The van der Waals surface area contributed by atoms with Gasteiger partial charge in [0.25, 0.3) is 5.69 Å². The van der Waals surface area contributed by atoms with Crippen molar-refractivity contribution in [1.29, 1.82) is 0 Å². The Morgan fingerprint density at radius 2 is 2.11 bits per heavy atom. The third-order valence-electron chi connectivity index (χ3n) is 2.69. The lowest BCUT2D eigenvalue weighted by atomic mass is 10.2. The molecule has 19 heavy (non-hydrogen) atoms. The Kier molecular flexibility index (Phi) is 3.77. The molecule has 0 saturated carbocycles. The smallest absolute Gasteiger partial charge is 0.289 e. The van der Waals surface area contributed by atoms with Gasteiger partial charge in [0, 0.05) is 6.07 Å². The second kappa shape index (κ2) is 5.04. The van der Waals surface area contributed by atoms with E-state index >= 15 is 0 Å². The highest BCUT2D eigenvalue weighted by atomic mass is 35.5. The van der Waals surface area contributed by atoms with Crippen LogP contribution in [0.15, 0.2) is 17.0 Å². The van der Waals surface area contributed by atoms with E-state index in [-0.39, 0.29) is 16.0 Å². The van der Waals surface area contributed by atoms with Gasteiger partial charge in [-0.25, -0.2) is 13.1 Å². The molecular formula is C10H11ClN2O5S. The van der Waals surface area contributed by atoms with Gasteiger partial charge in [0.1, 0.15) is 5.02 Å². The van der Waals surface area contributed by atoms with Crippen LogP contribution in [-0.4, -0.2) is 32.6 Å². The molecule has 0 aromatic heterocycles. The molecule has 0 atom stereocenters. The molecule has 1 aliphatic rings. The van der Waals surface area contributed by atoms with Gasteiger partial charge in [-0.3, -0.25) is 10.1 Å². The molecule has 0 aliphatic carbocycles. The van der Waals surface area contributed by atoms with Gasteiger partial charge >= 0.3 is 0 Å². The molecule has 1 fully saturated rings. The molecule has 1 saturated heterocycles. The number of rotatable bonds is 4. The van der Waals surface area contributed by atoms with E-state index in [2.05, 4.69) is 4.72 Å². The predicted octanol–water partition coefficient (Wildman–Crippen LogP) is 1.23. The topological polar surface area (TPSA) is 98.5 Å². The van der Waals surface area contributed by atoms with Gasteiger partial charge in [-0.1, -0.05) is 11.6 Å². The fourth-order valence-electron chi connectivity index (χ4n) is 1.66. The molecular weight excluding hydrogens is 296 g/mol. The van der Waals surface area contributed by atoms with Crippen LogP contribution in [-0.2, 0) is 14.8 Å². The molecule has 0 bridgehead atoms. The Balaban J connectivity index is 2.43. The van der Waals surface area contributed by atoms with Crippen molar-refractivity contribution in [2.24, 2.45) is 0 Å². The maximum absolute atomic E-state index is 12.1. The third-order valence-corrected chi connectivity index (χ3v) is 4.66. The van der Waals surface area contributed by atoms with Gasteiger partial charge < -0.3 is 4.74 Å². The molecule has 1 aromatic carbocycles. The van der Waals surface area contributed by atoms with Gasteiger partial charge in [-0.15, -0.1) is 0 Å². The number of halogens is 1. The van der Waals surface area contributed by atoms with Crippen LogP contribution in [0.1, 0.15) is 5.56 Å². The number of benzene rings is 1. The average Bonchev–Trinajstić information content (AvgIpc) is 2.22. The number of sulfonamides is 1. The zero-order valence-electron chi connectivity index (χ0n) is 9.92. The van der Waals surface area contributed by atoms with Crippen LogP contribution in [0.5, 0.6) is 0 Å². The number of hydrogen-bond donors (Lipinski definition) is 1. The molecule has 0 radical (unpaired) electrons. The molecule has 9 heteroatoms. The van der Waals surface area contributed by atoms with Crippen molar-refractivity contribution < 1.29 is 18.1 Å². The standard InChI is InChI=1S/C10H11ClN2O5S/c1-6-2-8(11)9(13(14)15)3-10(6)19(16,17)12-7-4-18-5-7/h2-3,7,12H,4-5H2,1H3. The van der Waals surface area contributed by atoms with E-state index in [0.29, 0.717) is 18.8 Å². The first-order valence-electron chi connectivity index (χ1n) is 5.36. The first kappa shape index (κ1) is 14.2. The zero-order valence-corrected chi connectivity index (χ0v) is 11.5. The number of nitrogens with one attached hydrogen (secondary N) is 1. The number of nitro benzene ring substituents is 1. The molecule has 104 valence electrons. The first-order chi connectivity index (χ1) is 8.81. The summed E-state index contributed by atoms with van der Waals surface area (Å²) in [6, 6.07) is 1.95. The van der Waals surface area contributed by atoms with Crippen molar-refractivity contribution in [2.45, 2.75) is 17.9 Å². The van der Waals surface area contributed by atoms with Gasteiger partial charge in [0.05, 0.1) is 29.1 Å². The van der Waals surface area contributed by atoms with E-state index < -0.39 is 20.6 Å². The van der Waals surface area contributed by atoms with E-state index in [1.54, 1.807) is 0 Å². The number of aryl methyl sites for hydroxylation is 1. The molecule has 1 aliphatic heterocycles. The number of hydrogen-bond acceptors (Lipinski definition) is 5. The summed E-state index contributed by atoms with van der Waals surface area (Å²) >= 11 is 5.71. The fraction of sp³-hybridized carbons (Fsp3) is 0.400. The molecule has 1 aromatic rings. The van der Waals surface area contributed by atoms with Gasteiger partial charge in [0.2, 0.25) is 10.0 Å². The van der Waals surface area contributed by atoms with Crippen molar-refractivity contribution in [2.75, 3.05) is 13.2 Å². The largest absolute Gasteiger partial charge is 0.378 e. The molecule has 0 unspecified atom stereocenters. The maximum atomic E-state index is 12.1. The van der Waals surface area contributed by atoms with E-state index in [1.807, 2.05) is 0 Å². The lowest BCUT2D eigenvalue weighted by Crippen LogP contribution is -2.48. The predicted molar refractivity (Wildman–Crippen MR) is 67.8 cm³/mol. The highest BCUT2D eigenvalue weighted by molar-refractivity contribution is 7.89. The van der Waals surface area contributed by atoms with E-state index in [9.17, 15) is 18.5 Å². The molecule has 7 nitrogen and oxygen atoms in total. The molecule has 1 N–H and O–H groups in total. The van der Waals surface area contributed by atoms with Crippen LogP contribution in [0.4, 0.5) is 5.69 Å². The fourth-order valence-corrected chi connectivity index (χ4v) is 3.40. The van der Waals surface area contributed by atoms with Crippen molar-refractivity contribution in [3.63, 3.8) is 0 Å². The first-order valence-corrected chi connectivity index (χ1v) is 7.22. The second-order valence-corrected chi connectivity index (χ2v) is 6.27. The van der Waals surface area contributed by atoms with Crippen LogP contribution in [0, 0.1) is 17.0 Å². The van der Waals surface area contributed by atoms with Crippen molar-refractivity contribution in [1.82, 2.24) is 4.72 Å². The van der Waals surface area contributed by atoms with Gasteiger partial charge in [-0.2, -0.15) is 0 Å². The summed E-state index contributed by atoms with van der Waals surface area (Å²) in [6.45, 7) is 2.13. The van der Waals surface area contributed by atoms with Crippen molar-refractivity contribution >= 4 is 27.3 Å². The lowest BCUT2D eigenvalue weighted by molar-refractivity contribution is -0.384. The SMILES string of the molecule is Cc1cc(Cl)c([N+](=O)[O-])cc1S(=O)(=O)NC1COC1. The number of nitrogens with zero attached hydrogens (tertiary/aromatic N) is 1. The van der Waals surface area contributed by atoms with Crippen LogP contribution in [0.3, 0.4) is 0 Å². The van der Waals surface area contributed by atoms with Crippen LogP contribution in [0.25, 0.3) is 0 Å². The third kappa shape index (κ3) is 2.86. The van der Waals surface area contributed by atoms with Gasteiger partial charge in [-0.05, 0) is 18.6 Å². The summed E-state index contributed by atoms with van der Waals surface area (Å²) in [5.41, 5.74) is -0.0826. The summed E-state index contributed by atoms with van der Waals surface area (Å²) < 4.78 is 31.5. The molecule has 0 amide bonds. The molecule has 2 rings (SSSR count). The Labute approximate surface area is 114 Å². The summed E-state index contributed by atoms with van der Waals surface area (Å²) in [6.07, 6.45) is 0. The Hall–Kier alpha value is -1.22. The normalized spacial score (nSPS) is 16.1.